The molecule has 0 spiro atoms. The van der Waals surface area contributed by atoms with Crippen LogP contribution in [0.4, 0.5) is 10.1 Å². The van der Waals surface area contributed by atoms with Gasteiger partial charge in [0.15, 0.2) is 0 Å². The van der Waals surface area contributed by atoms with Crippen LogP contribution in [0.3, 0.4) is 0 Å². The summed E-state index contributed by atoms with van der Waals surface area (Å²) in [6, 6.07) is 4.99. The highest BCUT2D eigenvalue weighted by atomic mass is 19.1. The number of hydrogen-bond acceptors (Lipinski definition) is 2. The molecule has 1 saturated heterocycles. The van der Waals surface area contributed by atoms with Gasteiger partial charge in [-0.25, -0.2) is 4.39 Å². The maximum Gasteiger partial charge on any atom is 0.129 e. The Morgan fingerprint density at radius 3 is 2.74 bits per heavy atom. The minimum atomic E-state index is -0.161. The monoisotopic (exact) mass is 262 g/mol. The Bertz CT molecular complexity index is 426. The first-order valence-corrected chi connectivity index (χ1v) is 7.49. The molecule has 2 nitrogen and oxygen atoms in total. The summed E-state index contributed by atoms with van der Waals surface area (Å²) in [6.45, 7) is 2.88. The normalized spacial score (nSPS) is 28.1. The molecule has 2 N–H and O–H groups in total. The van der Waals surface area contributed by atoms with E-state index in [1.165, 1.54) is 38.2 Å². The van der Waals surface area contributed by atoms with Gasteiger partial charge in [0.2, 0.25) is 0 Å². The second-order valence-corrected chi connectivity index (χ2v) is 6.14. The van der Waals surface area contributed by atoms with Gasteiger partial charge in [0.1, 0.15) is 5.82 Å². The molecule has 1 heterocycles. The van der Waals surface area contributed by atoms with Gasteiger partial charge in [0.05, 0.1) is 0 Å². The van der Waals surface area contributed by atoms with Crippen LogP contribution in [0.2, 0.25) is 0 Å². The molecule has 1 aliphatic carbocycles. The molecule has 3 heteroatoms. The van der Waals surface area contributed by atoms with E-state index in [4.69, 9.17) is 5.73 Å². The van der Waals surface area contributed by atoms with Gasteiger partial charge in [0, 0.05) is 24.3 Å². The summed E-state index contributed by atoms with van der Waals surface area (Å²) < 4.78 is 13.8. The number of anilines is 1. The fourth-order valence-corrected chi connectivity index (χ4v) is 3.79. The molecule has 1 saturated carbocycles. The maximum absolute atomic E-state index is 13.8. The summed E-state index contributed by atoms with van der Waals surface area (Å²) in [4.78, 5) is 2.39. The van der Waals surface area contributed by atoms with Gasteiger partial charge in [-0.1, -0.05) is 25.3 Å². The van der Waals surface area contributed by atoms with E-state index in [9.17, 15) is 4.39 Å². The molecule has 2 atom stereocenters. The van der Waals surface area contributed by atoms with Crippen molar-refractivity contribution in [3.8, 4) is 0 Å². The maximum atomic E-state index is 13.8. The Hall–Kier alpha value is -1.09. The number of nitrogens with zero attached hydrogens (tertiary/aromatic N) is 1. The highest BCUT2D eigenvalue weighted by Gasteiger charge is 2.31. The Labute approximate surface area is 114 Å². The highest BCUT2D eigenvalue weighted by molar-refractivity contribution is 5.47. The Kier molecular flexibility index (Phi) is 3.74. The van der Waals surface area contributed by atoms with E-state index in [0.29, 0.717) is 17.8 Å². The molecule has 0 amide bonds. The second kappa shape index (κ2) is 5.49. The number of hydrogen-bond donors (Lipinski definition) is 1. The molecule has 0 bridgehead atoms. The Morgan fingerprint density at radius 1 is 1.16 bits per heavy atom. The van der Waals surface area contributed by atoms with Crippen molar-refractivity contribution in [2.45, 2.75) is 38.6 Å². The van der Waals surface area contributed by atoms with Crippen LogP contribution in [0, 0.1) is 17.7 Å². The van der Waals surface area contributed by atoms with Gasteiger partial charge in [-0.2, -0.15) is 0 Å². The number of benzene rings is 1. The molecule has 0 radical (unpaired) electrons. The van der Waals surface area contributed by atoms with Crippen LogP contribution >= 0.6 is 0 Å². The summed E-state index contributed by atoms with van der Waals surface area (Å²) in [5.74, 6) is 1.59. The molecule has 3 rings (SSSR count). The molecule has 19 heavy (non-hydrogen) atoms. The zero-order valence-electron chi connectivity index (χ0n) is 11.4. The van der Waals surface area contributed by atoms with E-state index in [-0.39, 0.29) is 5.82 Å². The van der Waals surface area contributed by atoms with Crippen LogP contribution in [0.15, 0.2) is 18.2 Å². The number of nitrogen functional groups attached to an aromatic ring is 1. The van der Waals surface area contributed by atoms with Crippen molar-refractivity contribution in [2.75, 3.05) is 18.8 Å². The quantitative estimate of drug-likeness (QED) is 0.827. The SMILES string of the molecule is Nc1cccc(F)c1CN1CCC2CCCCC2C1. The third-order valence-electron chi connectivity index (χ3n) is 4.91. The Morgan fingerprint density at radius 2 is 1.95 bits per heavy atom. The zero-order chi connectivity index (χ0) is 13.2. The molecule has 2 aliphatic rings. The van der Waals surface area contributed by atoms with Gasteiger partial charge < -0.3 is 5.73 Å². The van der Waals surface area contributed by atoms with Crippen LogP contribution in [-0.2, 0) is 6.54 Å². The van der Waals surface area contributed by atoms with Crippen LogP contribution < -0.4 is 5.73 Å². The van der Waals surface area contributed by atoms with E-state index in [2.05, 4.69) is 4.90 Å². The lowest BCUT2D eigenvalue weighted by molar-refractivity contribution is 0.0815. The summed E-state index contributed by atoms with van der Waals surface area (Å²) in [5.41, 5.74) is 7.17. The minimum absolute atomic E-state index is 0.161. The summed E-state index contributed by atoms with van der Waals surface area (Å²) in [6.07, 6.45) is 6.81. The predicted octanol–water partition coefficient (Wildman–Crippen LogP) is 3.42. The largest absolute Gasteiger partial charge is 0.398 e. The van der Waals surface area contributed by atoms with Gasteiger partial charge >= 0.3 is 0 Å². The summed E-state index contributed by atoms with van der Waals surface area (Å²) in [5, 5.41) is 0. The van der Waals surface area contributed by atoms with Crippen molar-refractivity contribution in [2.24, 2.45) is 11.8 Å². The van der Waals surface area contributed by atoms with E-state index >= 15 is 0 Å². The molecule has 104 valence electrons. The average Bonchev–Trinajstić information content (AvgIpc) is 2.43. The van der Waals surface area contributed by atoms with Gasteiger partial charge in [-0.3, -0.25) is 4.90 Å². The van der Waals surface area contributed by atoms with Gasteiger partial charge in [-0.15, -0.1) is 0 Å². The number of fused-ring (bicyclic) bond motifs is 1. The topological polar surface area (TPSA) is 29.3 Å². The number of halogens is 1. The van der Waals surface area contributed by atoms with Crippen molar-refractivity contribution < 1.29 is 4.39 Å². The first kappa shape index (κ1) is 12.9. The fraction of sp³-hybridized carbons (Fsp3) is 0.625. The van der Waals surface area contributed by atoms with Crippen molar-refractivity contribution in [1.29, 1.82) is 0 Å². The summed E-state index contributed by atoms with van der Waals surface area (Å²) in [7, 11) is 0. The van der Waals surface area contributed by atoms with Crippen molar-refractivity contribution >= 4 is 5.69 Å². The number of likely N-dealkylation sites (tertiary alicyclic amines) is 1. The van der Waals surface area contributed by atoms with Gasteiger partial charge in [0.25, 0.3) is 0 Å². The third kappa shape index (κ3) is 2.76. The lowest BCUT2D eigenvalue weighted by Crippen LogP contribution is -2.41. The first-order chi connectivity index (χ1) is 9.24. The van der Waals surface area contributed by atoms with Crippen LogP contribution in [-0.4, -0.2) is 18.0 Å². The number of nitrogens with two attached hydrogens (primary N) is 1. The van der Waals surface area contributed by atoms with Crippen molar-refractivity contribution in [1.82, 2.24) is 4.90 Å². The van der Waals surface area contributed by atoms with Crippen LogP contribution in [0.1, 0.15) is 37.7 Å². The van der Waals surface area contributed by atoms with E-state index in [0.717, 1.165) is 24.9 Å². The standard InChI is InChI=1S/C16H23FN2/c17-15-6-3-7-16(18)14(15)11-19-9-8-12-4-1-2-5-13(12)10-19/h3,6-7,12-13H,1-2,4-5,8-11,18H2. The van der Waals surface area contributed by atoms with Crippen LogP contribution in [0.25, 0.3) is 0 Å². The van der Waals surface area contributed by atoms with E-state index < -0.39 is 0 Å². The molecular formula is C16H23FN2. The Balaban J connectivity index is 1.67. The van der Waals surface area contributed by atoms with Crippen molar-refractivity contribution in [3.63, 3.8) is 0 Å². The summed E-state index contributed by atoms with van der Waals surface area (Å²) >= 11 is 0. The lowest BCUT2D eigenvalue weighted by Gasteiger charge is -2.41. The number of rotatable bonds is 2. The van der Waals surface area contributed by atoms with Crippen LogP contribution in [0.5, 0.6) is 0 Å². The highest BCUT2D eigenvalue weighted by Crippen LogP contribution is 2.36. The smallest absolute Gasteiger partial charge is 0.129 e. The fourth-order valence-electron chi connectivity index (χ4n) is 3.79. The zero-order valence-corrected chi connectivity index (χ0v) is 11.4. The van der Waals surface area contributed by atoms with Crippen molar-refractivity contribution in [3.05, 3.63) is 29.6 Å². The molecule has 0 aromatic heterocycles. The lowest BCUT2D eigenvalue weighted by atomic mass is 9.75. The molecule has 2 unspecified atom stereocenters. The molecule has 1 aliphatic heterocycles. The van der Waals surface area contributed by atoms with E-state index in [1.807, 2.05) is 0 Å². The molecule has 2 fully saturated rings. The number of piperidine rings is 1. The molecule has 1 aromatic carbocycles. The van der Waals surface area contributed by atoms with E-state index in [1.54, 1.807) is 12.1 Å². The molecule has 1 aromatic rings. The van der Waals surface area contributed by atoms with Gasteiger partial charge in [-0.05, 0) is 43.4 Å². The minimum Gasteiger partial charge on any atom is -0.398 e. The third-order valence-corrected chi connectivity index (χ3v) is 4.91. The average molecular weight is 262 g/mol. The predicted molar refractivity (Wildman–Crippen MR) is 76.2 cm³/mol. The second-order valence-electron chi connectivity index (χ2n) is 6.14. The first-order valence-electron chi connectivity index (χ1n) is 7.49. The molecular weight excluding hydrogens is 239 g/mol.